The molecule has 0 saturated carbocycles. The fourth-order valence-electron chi connectivity index (χ4n) is 4.26. The van der Waals surface area contributed by atoms with E-state index in [0.29, 0.717) is 25.9 Å². The topological polar surface area (TPSA) is 57.6 Å². The SMILES string of the molecule is Cc1ccccc1C(C)(C)C(=O)N1CCC(C(=O)O)(c2ccccc2)CC1. The summed E-state index contributed by atoms with van der Waals surface area (Å²) in [6.07, 6.45) is 0.865. The van der Waals surface area contributed by atoms with Crippen LogP contribution in [0.3, 0.4) is 0 Å². The maximum atomic E-state index is 13.3. The fourth-order valence-corrected chi connectivity index (χ4v) is 4.26. The lowest BCUT2D eigenvalue weighted by molar-refractivity contribution is -0.149. The molecular formula is C23H27NO3. The molecule has 1 aliphatic rings. The fraction of sp³-hybridized carbons (Fsp3) is 0.391. The average molecular weight is 365 g/mol. The van der Waals surface area contributed by atoms with Crippen molar-refractivity contribution in [1.29, 1.82) is 0 Å². The number of hydrogen-bond donors (Lipinski definition) is 1. The van der Waals surface area contributed by atoms with Gasteiger partial charge in [-0.05, 0) is 50.3 Å². The first kappa shape index (κ1) is 19.2. The van der Waals surface area contributed by atoms with Gasteiger partial charge in [0.15, 0.2) is 0 Å². The van der Waals surface area contributed by atoms with Gasteiger partial charge < -0.3 is 10.0 Å². The first-order chi connectivity index (χ1) is 12.8. The van der Waals surface area contributed by atoms with Crippen molar-refractivity contribution in [2.45, 2.75) is 44.4 Å². The highest BCUT2D eigenvalue weighted by molar-refractivity contribution is 5.88. The molecule has 1 amide bonds. The highest BCUT2D eigenvalue weighted by atomic mass is 16.4. The summed E-state index contributed by atoms with van der Waals surface area (Å²) in [6.45, 7) is 6.83. The van der Waals surface area contributed by atoms with Gasteiger partial charge in [-0.1, -0.05) is 54.6 Å². The molecule has 0 atom stereocenters. The Bertz CT molecular complexity index is 834. The van der Waals surface area contributed by atoms with Crippen LogP contribution in [-0.4, -0.2) is 35.0 Å². The van der Waals surface area contributed by atoms with Crippen molar-refractivity contribution in [3.05, 3.63) is 71.3 Å². The van der Waals surface area contributed by atoms with E-state index in [0.717, 1.165) is 16.7 Å². The van der Waals surface area contributed by atoms with E-state index in [9.17, 15) is 14.7 Å². The quantitative estimate of drug-likeness (QED) is 0.893. The minimum atomic E-state index is -0.912. The Labute approximate surface area is 160 Å². The van der Waals surface area contributed by atoms with Crippen molar-refractivity contribution < 1.29 is 14.7 Å². The van der Waals surface area contributed by atoms with E-state index in [1.807, 2.05) is 80.3 Å². The summed E-state index contributed by atoms with van der Waals surface area (Å²) < 4.78 is 0. The molecule has 2 aromatic rings. The molecule has 142 valence electrons. The lowest BCUT2D eigenvalue weighted by Gasteiger charge is -2.42. The third-order valence-electron chi connectivity index (χ3n) is 5.99. The Kier molecular flexibility index (Phi) is 5.09. The summed E-state index contributed by atoms with van der Waals surface area (Å²) in [7, 11) is 0. The van der Waals surface area contributed by atoms with E-state index in [1.54, 1.807) is 0 Å². The average Bonchev–Trinajstić information content (AvgIpc) is 2.68. The van der Waals surface area contributed by atoms with Crippen molar-refractivity contribution in [1.82, 2.24) is 4.90 Å². The first-order valence-electron chi connectivity index (χ1n) is 9.43. The molecule has 4 nitrogen and oxygen atoms in total. The molecule has 0 bridgehead atoms. The summed E-state index contributed by atoms with van der Waals surface area (Å²) in [5.41, 5.74) is 1.39. The van der Waals surface area contributed by atoms with Crippen LogP contribution < -0.4 is 0 Å². The van der Waals surface area contributed by atoms with Crippen LogP contribution in [0.25, 0.3) is 0 Å². The van der Waals surface area contributed by atoms with Crippen molar-refractivity contribution in [3.63, 3.8) is 0 Å². The van der Waals surface area contributed by atoms with Crippen molar-refractivity contribution in [3.8, 4) is 0 Å². The number of aliphatic carboxylic acids is 1. The van der Waals surface area contributed by atoms with Gasteiger partial charge in [0, 0.05) is 13.1 Å². The molecule has 2 aromatic carbocycles. The Balaban J connectivity index is 1.81. The molecule has 0 radical (unpaired) electrons. The Morgan fingerprint density at radius 3 is 2.07 bits per heavy atom. The normalized spacial score (nSPS) is 16.8. The van der Waals surface area contributed by atoms with Gasteiger partial charge >= 0.3 is 5.97 Å². The molecule has 1 heterocycles. The summed E-state index contributed by atoms with van der Waals surface area (Å²) in [5, 5.41) is 9.94. The Morgan fingerprint density at radius 1 is 0.963 bits per heavy atom. The zero-order chi connectivity index (χ0) is 19.7. The molecule has 3 rings (SSSR count). The maximum absolute atomic E-state index is 13.3. The number of rotatable bonds is 4. The highest BCUT2D eigenvalue weighted by Crippen LogP contribution is 2.38. The number of amides is 1. The molecule has 1 saturated heterocycles. The minimum Gasteiger partial charge on any atom is -0.481 e. The van der Waals surface area contributed by atoms with Crippen LogP contribution >= 0.6 is 0 Å². The van der Waals surface area contributed by atoms with Crippen LogP contribution in [0.1, 0.15) is 43.4 Å². The number of piperidine rings is 1. The van der Waals surface area contributed by atoms with Gasteiger partial charge in [0.25, 0.3) is 0 Å². The Hall–Kier alpha value is -2.62. The first-order valence-corrected chi connectivity index (χ1v) is 9.43. The molecule has 1 aliphatic heterocycles. The predicted octanol–water partition coefficient (Wildman–Crippen LogP) is 3.92. The van der Waals surface area contributed by atoms with E-state index in [1.165, 1.54) is 0 Å². The van der Waals surface area contributed by atoms with Gasteiger partial charge in [-0.15, -0.1) is 0 Å². The van der Waals surface area contributed by atoms with Crippen LogP contribution in [0.15, 0.2) is 54.6 Å². The van der Waals surface area contributed by atoms with Crippen LogP contribution in [0.2, 0.25) is 0 Å². The van der Waals surface area contributed by atoms with Gasteiger partial charge in [0.1, 0.15) is 0 Å². The third-order valence-corrected chi connectivity index (χ3v) is 5.99. The number of carboxylic acid groups (broad SMARTS) is 1. The molecule has 27 heavy (non-hydrogen) atoms. The van der Waals surface area contributed by atoms with Gasteiger partial charge in [-0.3, -0.25) is 9.59 Å². The molecule has 0 aliphatic carbocycles. The molecule has 1 fully saturated rings. The van der Waals surface area contributed by atoms with Crippen LogP contribution in [-0.2, 0) is 20.4 Å². The second kappa shape index (κ2) is 7.18. The standard InChI is InChI=1S/C23H27NO3/c1-17-9-7-8-12-19(17)22(2,3)20(25)24-15-13-23(14-16-24,21(26)27)18-10-5-4-6-11-18/h4-12H,13-16H2,1-3H3,(H,26,27). The van der Waals surface area contributed by atoms with Gasteiger partial charge in [0.2, 0.25) is 5.91 Å². The van der Waals surface area contributed by atoms with Crippen molar-refractivity contribution in [2.75, 3.05) is 13.1 Å². The zero-order valence-electron chi connectivity index (χ0n) is 16.2. The monoisotopic (exact) mass is 365 g/mol. The molecule has 0 unspecified atom stereocenters. The number of benzene rings is 2. The second-order valence-electron chi connectivity index (χ2n) is 7.99. The Morgan fingerprint density at radius 2 is 1.52 bits per heavy atom. The molecular weight excluding hydrogens is 338 g/mol. The number of hydrogen-bond acceptors (Lipinski definition) is 2. The maximum Gasteiger partial charge on any atom is 0.314 e. The van der Waals surface area contributed by atoms with Gasteiger partial charge in [-0.2, -0.15) is 0 Å². The summed E-state index contributed by atoms with van der Waals surface area (Å²) >= 11 is 0. The number of carbonyl (C=O) groups excluding carboxylic acids is 1. The lowest BCUT2D eigenvalue weighted by Crippen LogP contribution is -2.52. The molecule has 1 N–H and O–H groups in total. The van der Waals surface area contributed by atoms with E-state index in [-0.39, 0.29) is 5.91 Å². The van der Waals surface area contributed by atoms with Crippen LogP contribution in [0, 0.1) is 6.92 Å². The van der Waals surface area contributed by atoms with Gasteiger partial charge in [-0.25, -0.2) is 0 Å². The third kappa shape index (κ3) is 3.36. The van der Waals surface area contributed by atoms with Crippen LogP contribution in [0.4, 0.5) is 0 Å². The summed E-state index contributed by atoms with van der Waals surface area (Å²) in [5.74, 6) is -0.747. The van der Waals surface area contributed by atoms with E-state index in [4.69, 9.17) is 0 Å². The highest BCUT2D eigenvalue weighted by Gasteiger charge is 2.45. The van der Waals surface area contributed by atoms with Crippen molar-refractivity contribution in [2.24, 2.45) is 0 Å². The predicted molar refractivity (Wildman–Crippen MR) is 106 cm³/mol. The van der Waals surface area contributed by atoms with Gasteiger partial charge in [0.05, 0.1) is 10.8 Å². The van der Waals surface area contributed by atoms with E-state index >= 15 is 0 Å². The number of aryl methyl sites for hydroxylation is 1. The molecule has 0 aromatic heterocycles. The van der Waals surface area contributed by atoms with E-state index < -0.39 is 16.8 Å². The number of nitrogens with zero attached hydrogens (tertiary/aromatic N) is 1. The van der Waals surface area contributed by atoms with Crippen LogP contribution in [0.5, 0.6) is 0 Å². The number of carboxylic acids is 1. The summed E-state index contributed by atoms with van der Waals surface area (Å²) in [4.78, 5) is 27.2. The largest absolute Gasteiger partial charge is 0.481 e. The number of likely N-dealkylation sites (tertiary alicyclic amines) is 1. The molecule has 4 heteroatoms. The van der Waals surface area contributed by atoms with Crippen molar-refractivity contribution >= 4 is 11.9 Å². The minimum absolute atomic E-state index is 0.0591. The lowest BCUT2D eigenvalue weighted by atomic mass is 9.72. The smallest absolute Gasteiger partial charge is 0.314 e. The van der Waals surface area contributed by atoms with E-state index in [2.05, 4.69) is 0 Å². The second-order valence-corrected chi connectivity index (χ2v) is 7.99. The number of carbonyl (C=O) groups is 2. The summed E-state index contributed by atoms with van der Waals surface area (Å²) in [6, 6.07) is 17.3. The molecule has 0 spiro atoms. The zero-order valence-corrected chi connectivity index (χ0v) is 16.2.